The van der Waals surface area contributed by atoms with Gasteiger partial charge in [0, 0.05) is 20.4 Å². The number of hydrogen-bond donors (Lipinski definition) is 2. The summed E-state index contributed by atoms with van der Waals surface area (Å²) in [6.45, 7) is 14.1. The third-order valence-corrected chi connectivity index (χ3v) is 14.3. The van der Waals surface area contributed by atoms with Crippen LogP contribution in [0.2, 0.25) is 0 Å². The van der Waals surface area contributed by atoms with Gasteiger partial charge in [0.1, 0.15) is 0 Å². The Balaban J connectivity index is 0.000000251. The number of anilines is 1. The van der Waals surface area contributed by atoms with Crippen molar-refractivity contribution in [1.29, 1.82) is 0 Å². The summed E-state index contributed by atoms with van der Waals surface area (Å²) in [5, 5.41) is 2.32. The molecule has 69 heavy (non-hydrogen) atoms. The van der Waals surface area contributed by atoms with Gasteiger partial charge in [0.2, 0.25) is 0 Å². The summed E-state index contributed by atoms with van der Waals surface area (Å²) < 4.78 is 25.9. The molecule has 0 heterocycles. The summed E-state index contributed by atoms with van der Waals surface area (Å²) in [4.78, 5) is 0. The van der Waals surface area contributed by atoms with E-state index in [-0.39, 0.29) is 45.4 Å². The van der Waals surface area contributed by atoms with Gasteiger partial charge in [0.05, 0.1) is 6.26 Å². The molecule has 8 heteroatoms. The van der Waals surface area contributed by atoms with E-state index < -0.39 is 10.1 Å². The topological polar surface area (TPSA) is 80.4 Å². The number of para-hydroxylation sites is 1. The molecule has 0 spiro atoms. The molecule has 0 unspecified atom stereocenters. The number of nitrogen functional groups attached to an aromatic ring is 1. The van der Waals surface area contributed by atoms with Gasteiger partial charge >= 0.3 is 17.1 Å². The van der Waals surface area contributed by atoms with Crippen molar-refractivity contribution >= 4 is 29.0 Å². The Kier molecular flexibility index (Phi) is 21.1. The molecule has 358 valence electrons. The fraction of sp³-hybridized carbons (Fsp3) is 0.148. The molecule has 9 aromatic rings. The van der Waals surface area contributed by atoms with Gasteiger partial charge in [0.15, 0.2) is 0 Å². The van der Waals surface area contributed by atoms with Gasteiger partial charge in [-0.3, -0.25) is 4.55 Å². The summed E-state index contributed by atoms with van der Waals surface area (Å²) in [5.74, 6) is 0. The van der Waals surface area contributed by atoms with Crippen LogP contribution in [0.15, 0.2) is 224 Å². The first-order chi connectivity index (χ1) is 32.0. The normalized spacial score (nSPS) is 11.0. The van der Waals surface area contributed by atoms with Gasteiger partial charge < -0.3 is 5.73 Å². The van der Waals surface area contributed by atoms with Crippen LogP contribution in [0, 0.1) is 6.07 Å². The molecule has 0 aliphatic heterocycles. The summed E-state index contributed by atoms with van der Waals surface area (Å²) in [7, 11) is -3.77. The van der Waals surface area contributed by atoms with E-state index in [4.69, 9.17) is 10.3 Å². The summed E-state index contributed by atoms with van der Waals surface area (Å²) >= 11 is 0. The van der Waals surface area contributed by atoms with Crippen molar-refractivity contribution in [3.05, 3.63) is 231 Å². The predicted octanol–water partition coefficient (Wildman–Crippen LogP) is 16.1. The van der Waals surface area contributed by atoms with Gasteiger partial charge in [-0.1, -0.05) is 269 Å². The molecule has 4 nitrogen and oxygen atoms in total. The summed E-state index contributed by atoms with van der Waals surface area (Å²) in [5.41, 5.74) is 21.2. The molecular weight excluding hydrogens is 1020 g/mol. The van der Waals surface area contributed by atoms with Crippen molar-refractivity contribution < 1.29 is 50.5 Å². The van der Waals surface area contributed by atoms with Crippen LogP contribution in [0.4, 0.5) is 5.69 Å². The van der Waals surface area contributed by atoms with Crippen LogP contribution in [-0.4, -0.2) is 29.5 Å². The van der Waals surface area contributed by atoms with Gasteiger partial charge in [-0.2, -0.15) is 20.6 Å². The molecule has 0 radical (unpaired) electrons. The molecule has 0 aliphatic rings. The zero-order chi connectivity index (χ0) is 48.0. The van der Waals surface area contributed by atoms with Gasteiger partial charge in [-0.05, 0) is 33.2 Å². The number of rotatable bonds is 7. The van der Waals surface area contributed by atoms with Gasteiger partial charge in [-0.25, -0.2) is 12.1 Å². The minimum atomic E-state index is -3.67. The second kappa shape index (κ2) is 26.0. The van der Waals surface area contributed by atoms with Crippen molar-refractivity contribution in [2.45, 2.75) is 51.9 Å². The average Bonchev–Trinajstić information content (AvgIpc) is 3.97. The molecule has 0 amide bonds. The second-order valence-corrected chi connectivity index (χ2v) is 23.5. The molecule has 0 saturated heterocycles. The zero-order valence-corrected chi connectivity index (χ0v) is 44.6. The van der Waals surface area contributed by atoms with Crippen LogP contribution in [0.1, 0.15) is 41.5 Å². The number of benzene rings is 7. The van der Waals surface area contributed by atoms with Crippen molar-refractivity contribution in [1.82, 2.24) is 0 Å². The number of hydrogen-bond acceptors (Lipinski definition) is 3. The fourth-order valence-corrected chi connectivity index (χ4v) is 12.7. The van der Waals surface area contributed by atoms with E-state index in [1.165, 1.54) is 55.6 Å². The number of nitrogens with two attached hydrogens (primary N) is 1. The van der Waals surface area contributed by atoms with Crippen molar-refractivity contribution in [2.24, 2.45) is 0 Å². The maximum absolute atomic E-state index is 9.19. The Bertz CT molecular complexity index is 2670. The molecule has 9 rings (SSSR count). The van der Waals surface area contributed by atoms with Crippen molar-refractivity contribution in [2.75, 3.05) is 12.0 Å². The van der Waals surface area contributed by atoms with Crippen LogP contribution in [-0.2, 0) is 47.6 Å². The SMILES string of the molecule is CC(C)(C)P(c1ccc[cH-]1)C(C)(C)C.CS(=O)(=O)O.Nc1ccccc1-c1[c-]cccc1.[Fe+2].[Pd].c1ccc(-c2c(-c3ccccc3)c(-c3ccccc3)[c-](-c3ccccc3)c2-c2ccccc2)cc1. The standard InChI is InChI=1S/C35H25.C13H22P.C12H10N.CH4O3S.Fe.Pd/c1-6-16-26(17-7-1)31-32(27-18-8-2-9-19-27)34(29-22-12-4-13-23-29)35(30-24-14-5-15-25-30)33(31)28-20-10-3-11-21-28;1-12(2,3)14(13(4,5)6)11-9-7-8-10-11;13-12-9-5-4-8-11(12)10-6-2-1-3-7-10;1-5(2,3)4;;/h1-25H;7-10H,1-6H3;1-6,8-9H,13H2;1H3,(H,2,3,4);;/q3*-1;;+2;. The third-order valence-electron chi connectivity index (χ3n) is 10.8. The van der Waals surface area contributed by atoms with Crippen LogP contribution < -0.4 is 11.0 Å². The smallest absolute Gasteiger partial charge is 0.406 e. The van der Waals surface area contributed by atoms with Crippen molar-refractivity contribution in [3.63, 3.8) is 0 Å². The van der Waals surface area contributed by atoms with E-state index in [0.717, 1.165) is 16.8 Å². The van der Waals surface area contributed by atoms with E-state index in [2.05, 4.69) is 224 Å². The van der Waals surface area contributed by atoms with E-state index in [0.29, 0.717) is 16.6 Å². The van der Waals surface area contributed by atoms with Crippen LogP contribution in [0.5, 0.6) is 0 Å². The average molecular weight is 1080 g/mol. The van der Waals surface area contributed by atoms with Crippen LogP contribution >= 0.6 is 7.92 Å². The molecule has 0 bridgehead atoms. The first-order valence-corrected chi connectivity index (χ1v) is 25.6. The molecule has 3 N–H and O–H groups in total. The Morgan fingerprint density at radius 3 is 1.28 bits per heavy atom. The Hall–Kier alpha value is -5.44. The first-order valence-electron chi connectivity index (χ1n) is 22.4. The quantitative estimate of drug-likeness (QED) is 0.0548. The molecular formula is C61H61FeNO3PPdS-. The summed E-state index contributed by atoms with van der Waals surface area (Å²) in [6.07, 6.45) is 0.715. The molecule has 0 fully saturated rings. The van der Waals surface area contributed by atoms with E-state index in [1.54, 1.807) is 5.30 Å². The molecule has 0 atom stereocenters. The van der Waals surface area contributed by atoms with Crippen LogP contribution in [0.25, 0.3) is 66.8 Å². The van der Waals surface area contributed by atoms with E-state index in [9.17, 15) is 8.42 Å². The molecule has 0 aliphatic carbocycles. The van der Waals surface area contributed by atoms with Gasteiger partial charge in [0.25, 0.3) is 10.1 Å². The predicted molar refractivity (Wildman–Crippen MR) is 290 cm³/mol. The minimum absolute atomic E-state index is 0. The largest absolute Gasteiger partial charge is 2.00 e. The minimum Gasteiger partial charge on any atom is -0.406 e. The second-order valence-electron chi connectivity index (χ2n) is 18.1. The summed E-state index contributed by atoms with van der Waals surface area (Å²) in [6, 6.07) is 81.8. The molecule has 0 saturated carbocycles. The van der Waals surface area contributed by atoms with Gasteiger partial charge in [-0.15, -0.1) is 41.2 Å². The maximum atomic E-state index is 9.19. The zero-order valence-electron chi connectivity index (χ0n) is 40.2. The van der Waals surface area contributed by atoms with E-state index in [1.807, 2.05) is 48.5 Å². The van der Waals surface area contributed by atoms with Crippen LogP contribution in [0.3, 0.4) is 0 Å². The third kappa shape index (κ3) is 15.8. The fourth-order valence-electron chi connectivity index (χ4n) is 8.69. The molecule has 9 aromatic carbocycles. The Labute approximate surface area is 437 Å². The Morgan fingerprint density at radius 2 is 0.913 bits per heavy atom. The van der Waals surface area contributed by atoms with Crippen molar-refractivity contribution in [3.8, 4) is 66.8 Å². The Morgan fingerprint density at radius 1 is 0.536 bits per heavy atom. The maximum Gasteiger partial charge on any atom is 2.00 e. The van der Waals surface area contributed by atoms with E-state index >= 15 is 0 Å². The molecule has 0 aromatic heterocycles. The monoisotopic (exact) mass is 1080 g/mol. The first kappa shape index (κ1) is 56.2.